The zero-order chi connectivity index (χ0) is 28.1. The summed E-state index contributed by atoms with van der Waals surface area (Å²) in [5.74, 6) is 2.06. The number of aromatic nitrogens is 3. The maximum absolute atomic E-state index is 6.15. The summed E-state index contributed by atoms with van der Waals surface area (Å²) in [5.41, 5.74) is 6.28. The van der Waals surface area contributed by atoms with Gasteiger partial charge in [-0.2, -0.15) is 18.2 Å². The van der Waals surface area contributed by atoms with E-state index in [-0.39, 0.29) is 31.9 Å². The third kappa shape index (κ3) is 5.72. The van der Waals surface area contributed by atoms with Gasteiger partial charge in [-0.05, 0) is 51.6 Å². The molecule has 0 saturated carbocycles. The molecule has 208 valence electrons. The fraction of sp³-hybridized carbons (Fsp3) is 0.222. The van der Waals surface area contributed by atoms with E-state index >= 15 is 0 Å². The second-order valence-corrected chi connectivity index (χ2v) is 12.3. The van der Waals surface area contributed by atoms with Crippen LogP contribution in [0, 0.1) is 12.1 Å². The second-order valence-electron chi connectivity index (χ2n) is 12.3. The van der Waals surface area contributed by atoms with Gasteiger partial charge in [0, 0.05) is 29.7 Å². The number of ether oxygens (including phenoxy) is 1. The SMILES string of the molecule is CC(C)(C)c1cc(Oc2ccccn2)[c-]c(-c2[c-]c3c(cc2)c2ccccc2n3-c2cc(C(C)(C)C)ccn2)c1.[Pt+2]. The van der Waals surface area contributed by atoms with Crippen LogP contribution in [0.5, 0.6) is 11.6 Å². The Kier molecular flexibility index (Phi) is 7.65. The molecular formula is C36H33N3OPt. The van der Waals surface area contributed by atoms with Gasteiger partial charge in [0.25, 0.3) is 0 Å². The minimum atomic E-state index is -0.0810. The van der Waals surface area contributed by atoms with Crippen molar-refractivity contribution in [2.45, 2.75) is 52.4 Å². The Morgan fingerprint density at radius 2 is 1.41 bits per heavy atom. The van der Waals surface area contributed by atoms with Crippen LogP contribution in [0.4, 0.5) is 0 Å². The fourth-order valence-corrected chi connectivity index (χ4v) is 4.99. The topological polar surface area (TPSA) is 39.9 Å². The van der Waals surface area contributed by atoms with Gasteiger partial charge in [-0.15, -0.1) is 17.7 Å². The van der Waals surface area contributed by atoms with E-state index in [1.807, 2.05) is 24.4 Å². The number of fused-ring (bicyclic) bond motifs is 3. The molecule has 0 unspecified atom stereocenters. The first-order valence-corrected chi connectivity index (χ1v) is 13.7. The number of rotatable bonds is 4. The van der Waals surface area contributed by atoms with Crippen LogP contribution >= 0.6 is 0 Å². The average Bonchev–Trinajstić information content (AvgIpc) is 3.26. The van der Waals surface area contributed by atoms with Gasteiger partial charge in [0.15, 0.2) is 0 Å². The van der Waals surface area contributed by atoms with E-state index < -0.39 is 0 Å². The van der Waals surface area contributed by atoms with Gasteiger partial charge in [-0.1, -0.05) is 77.3 Å². The minimum Gasteiger partial charge on any atom is -0.460 e. The first-order valence-electron chi connectivity index (χ1n) is 13.7. The number of para-hydroxylation sites is 1. The van der Waals surface area contributed by atoms with Gasteiger partial charge >= 0.3 is 21.1 Å². The molecule has 0 saturated heterocycles. The number of nitrogens with zero attached hydrogens (tertiary/aromatic N) is 3. The van der Waals surface area contributed by atoms with Crippen LogP contribution in [0.1, 0.15) is 52.7 Å². The molecule has 0 atom stereocenters. The predicted molar refractivity (Wildman–Crippen MR) is 163 cm³/mol. The van der Waals surface area contributed by atoms with Crippen LogP contribution in [0.2, 0.25) is 0 Å². The molecule has 0 aliphatic heterocycles. The number of benzene rings is 3. The van der Waals surface area contributed by atoms with E-state index in [1.54, 1.807) is 6.20 Å². The van der Waals surface area contributed by atoms with Crippen molar-refractivity contribution in [2.75, 3.05) is 0 Å². The van der Waals surface area contributed by atoms with Gasteiger partial charge in [0.2, 0.25) is 5.88 Å². The molecule has 4 nitrogen and oxygen atoms in total. The van der Waals surface area contributed by atoms with Crippen LogP contribution in [-0.2, 0) is 31.9 Å². The molecule has 0 bridgehead atoms. The van der Waals surface area contributed by atoms with Crippen molar-refractivity contribution >= 4 is 21.8 Å². The number of hydrogen-bond donors (Lipinski definition) is 0. The number of hydrogen-bond acceptors (Lipinski definition) is 3. The van der Waals surface area contributed by atoms with Crippen molar-refractivity contribution in [1.82, 2.24) is 14.5 Å². The summed E-state index contributed by atoms with van der Waals surface area (Å²) in [6, 6.07) is 34.2. The molecule has 3 aromatic heterocycles. The fourth-order valence-electron chi connectivity index (χ4n) is 4.99. The van der Waals surface area contributed by atoms with Crippen molar-refractivity contribution in [3.63, 3.8) is 0 Å². The summed E-state index contributed by atoms with van der Waals surface area (Å²) in [5, 5.41) is 2.31. The summed E-state index contributed by atoms with van der Waals surface area (Å²) in [7, 11) is 0. The van der Waals surface area contributed by atoms with E-state index in [2.05, 4.69) is 124 Å². The predicted octanol–water partition coefficient (Wildman–Crippen LogP) is 9.23. The normalized spacial score (nSPS) is 12.0. The van der Waals surface area contributed by atoms with Crippen LogP contribution in [0.3, 0.4) is 0 Å². The monoisotopic (exact) mass is 718 g/mol. The van der Waals surface area contributed by atoms with Crippen molar-refractivity contribution in [1.29, 1.82) is 0 Å². The van der Waals surface area contributed by atoms with Gasteiger partial charge in [-0.3, -0.25) is 0 Å². The minimum absolute atomic E-state index is 0. The van der Waals surface area contributed by atoms with Crippen LogP contribution in [0.15, 0.2) is 91.3 Å². The Labute approximate surface area is 256 Å². The van der Waals surface area contributed by atoms with Crippen molar-refractivity contribution < 1.29 is 25.8 Å². The summed E-state index contributed by atoms with van der Waals surface area (Å²) in [6.45, 7) is 13.3. The first kappa shape index (κ1) is 28.8. The summed E-state index contributed by atoms with van der Waals surface area (Å²) in [4.78, 5) is 9.16. The third-order valence-corrected chi connectivity index (χ3v) is 7.28. The van der Waals surface area contributed by atoms with E-state index in [0.717, 1.165) is 38.9 Å². The summed E-state index contributed by atoms with van der Waals surface area (Å²) in [6.07, 6.45) is 3.63. The Morgan fingerprint density at radius 3 is 2.15 bits per heavy atom. The largest absolute Gasteiger partial charge is 2.00 e. The van der Waals surface area contributed by atoms with Crippen molar-refractivity contribution in [3.8, 4) is 28.6 Å². The Morgan fingerprint density at radius 1 is 0.659 bits per heavy atom. The molecule has 0 fully saturated rings. The zero-order valence-corrected chi connectivity index (χ0v) is 26.5. The summed E-state index contributed by atoms with van der Waals surface area (Å²) < 4.78 is 8.38. The van der Waals surface area contributed by atoms with Crippen molar-refractivity contribution in [2.24, 2.45) is 0 Å². The van der Waals surface area contributed by atoms with Crippen molar-refractivity contribution in [3.05, 3.63) is 115 Å². The van der Waals surface area contributed by atoms with Crippen LogP contribution < -0.4 is 4.74 Å². The Hall–Kier alpha value is -3.75. The van der Waals surface area contributed by atoms with Gasteiger partial charge in [-0.25, -0.2) is 21.1 Å². The molecule has 0 amide bonds. The van der Waals surface area contributed by atoms with E-state index in [0.29, 0.717) is 11.6 Å². The standard InChI is InChI=1S/C36H33N3O.Pt/c1-35(2,3)26-16-18-37-33(23-26)39-31-12-8-7-11-29(31)30-15-14-24(21-32(30)39)25-19-27(36(4,5)6)22-28(20-25)40-34-13-9-10-17-38-34;/h7-19,22-23H,1-6H3;/q-2;+2. The maximum Gasteiger partial charge on any atom is 2.00 e. The molecule has 3 heterocycles. The van der Waals surface area contributed by atoms with E-state index in [9.17, 15) is 0 Å². The Bertz CT molecular complexity index is 1840. The van der Waals surface area contributed by atoms with E-state index in [4.69, 9.17) is 9.72 Å². The second kappa shape index (κ2) is 10.9. The number of pyridine rings is 2. The molecule has 0 spiro atoms. The molecule has 5 heteroatoms. The molecule has 6 aromatic rings. The quantitative estimate of drug-likeness (QED) is 0.171. The summed E-state index contributed by atoms with van der Waals surface area (Å²) >= 11 is 0. The molecule has 6 rings (SSSR count). The molecule has 0 aliphatic rings. The van der Waals surface area contributed by atoms with Gasteiger partial charge in [0.05, 0.1) is 0 Å². The zero-order valence-electron chi connectivity index (χ0n) is 24.2. The van der Waals surface area contributed by atoms with Gasteiger partial charge < -0.3 is 9.30 Å². The smallest absolute Gasteiger partial charge is 0.460 e. The molecule has 0 radical (unpaired) electrons. The Balaban J connectivity index is 0.00000337. The molecule has 0 N–H and O–H groups in total. The molecule has 3 aromatic carbocycles. The van der Waals surface area contributed by atoms with Gasteiger partial charge in [0.1, 0.15) is 5.82 Å². The van der Waals surface area contributed by atoms with Crippen LogP contribution in [0.25, 0.3) is 38.8 Å². The molecule has 41 heavy (non-hydrogen) atoms. The maximum atomic E-state index is 6.15. The molecule has 0 aliphatic carbocycles. The molecular weight excluding hydrogens is 685 g/mol. The first-order chi connectivity index (χ1) is 19.1. The average molecular weight is 719 g/mol. The van der Waals surface area contributed by atoms with Crippen LogP contribution in [-0.4, -0.2) is 14.5 Å². The third-order valence-electron chi connectivity index (χ3n) is 7.28. The van der Waals surface area contributed by atoms with E-state index in [1.165, 1.54) is 10.9 Å².